The summed E-state index contributed by atoms with van der Waals surface area (Å²) in [7, 11) is 1.63. The van der Waals surface area contributed by atoms with Crippen LogP contribution in [-0.4, -0.2) is 43.6 Å². The number of amides is 1. The zero-order valence-electron chi connectivity index (χ0n) is 18.8. The molecular formula is C24H32IN5O2. The fourth-order valence-corrected chi connectivity index (χ4v) is 3.32. The molecule has 8 heteroatoms. The lowest BCUT2D eigenvalue weighted by Gasteiger charge is -2.11. The van der Waals surface area contributed by atoms with Crippen LogP contribution in [0.1, 0.15) is 23.6 Å². The van der Waals surface area contributed by atoms with E-state index in [0.717, 1.165) is 36.3 Å². The van der Waals surface area contributed by atoms with Gasteiger partial charge in [0.05, 0.1) is 7.11 Å². The summed E-state index contributed by atoms with van der Waals surface area (Å²) >= 11 is 0. The second kappa shape index (κ2) is 12.9. The number of methoxy groups -OCH3 is 1. The Morgan fingerprint density at radius 2 is 1.88 bits per heavy atom. The van der Waals surface area contributed by atoms with Gasteiger partial charge in [-0.15, -0.1) is 24.0 Å². The fourth-order valence-electron chi connectivity index (χ4n) is 3.32. The Morgan fingerprint density at radius 1 is 1.09 bits per heavy atom. The molecule has 7 nitrogen and oxygen atoms in total. The molecule has 32 heavy (non-hydrogen) atoms. The third-order valence-electron chi connectivity index (χ3n) is 4.98. The molecule has 0 spiro atoms. The number of aromatic nitrogens is 1. The molecule has 4 N–H and O–H groups in total. The highest BCUT2D eigenvalue weighted by atomic mass is 127. The third-order valence-corrected chi connectivity index (χ3v) is 4.98. The predicted octanol–water partition coefficient (Wildman–Crippen LogP) is 3.52. The third kappa shape index (κ3) is 7.44. The molecule has 0 aliphatic carbocycles. The van der Waals surface area contributed by atoms with Crippen molar-refractivity contribution < 1.29 is 9.53 Å². The van der Waals surface area contributed by atoms with Gasteiger partial charge in [0.2, 0.25) is 5.91 Å². The fraction of sp³-hybridized carbons (Fsp3) is 0.333. The standard InChI is InChI=1S/C24H31N5O2.HI/c1-4-25-24(26-12-11-19-15-27-22-13-17(2)5-10-21(19)22)29-16-23(30)28-14-18-6-8-20(31-3)9-7-18;/h5-10,13,15,27H,4,11-12,14,16H2,1-3H3,(H,28,30)(H2,25,26,29);1H. The van der Waals surface area contributed by atoms with E-state index in [-0.39, 0.29) is 36.4 Å². The van der Waals surface area contributed by atoms with E-state index in [2.05, 4.69) is 57.2 Å². The number of benzene rings is 2. The average molecular weight is 549 g/mol. The quantitative estimate of drug-likeness (QED) is 0.187. The zero-order valence-corrected chi connectivity index (χ0v) is 21.2. The van der Waals surface area contributed by atoms with E-state index in [4.69, 9.17) is 4.74 Å². The zero-order chi connectivity index (χ0) is 22.1. The molecular weight excluding hydrogens is 517 g/mol. The number of aromatic amines is 1. The van der Waals surface area contributed by atoms with Crippen molar-refractivity contribution in [3.8, 4) is 5.75 Å². The average Bonchev–Trinajstić information content (AvgIpc) is 3.18. The molecule has 1 heterocycles. The molecule has 0 saturated carbocycles. The minimum atomic E-state index is -0.125. The van der Waals surface area contributed by atoms with Crippen molar-refractivity contribution in [2.75, 3.05) is 26.7 Å². The van der Waals surface area contributed by atoms with Crippen LogP contribution in [-0.2, 0) is 17.8 Å². The smallest absolute Gasteiger partial charge is 0.242 e. The highest BCUT2D eigenvalue weighted by Gasteiger charge is 2.06. The number of halogens is 1. The first-order chi connectivity index (χ1) is 15.1. The van der Waals surface area contributed by atoms with E-state index in [9.17, 15) is 4.79 Å². The predicted molar refractivity (Wildman–Crippen MR) is 141 cm³/mol. The van der Waals surface area contributed by atoms with Gasteiger partial charge in [0.25, 0.3) is 0 Å². The summed E-state index contributed by atoms with van der Waals surface area (Å²) in [5, 5.41) is 10.6. The highest BCUT2D eigenvalue weighted by Crippen LogP contribution is 2.19. The van der Waals surface area contributed by atoms with Crippen LogP contribution in [0.15, 0.2) is 53.7 Å². The van der Waals surface area contributed by atoms with E-state index in [1.54, 1.807) is 7.11 Å². The number of carbonyl (C=O) groups excluding carboxylic acids is 1. The first kappa shape index (κ1) is 25.5. The lowest BCUT2D eigenvalue weighted by atomic mass is 10.1. The lowest BCUT2D eigenvalue weighted by molar-refractivity contribution is -0.119. The van der Waals surface area contributed by atoms with Crippen molar-refractivity contribution >= 4 is 46.7 Å². The Bertz CT molecular complexity index is 1030. The molecule has 0 saturated heterocycles. The number of nitrogens with zero attached hydrogens (tertiary/aromatic N) is 1. The van der Waals surface area contributed by atoms with Crippen LogP contribution >= 0.6 is 24.0 Å². The van der Waals surface area contributed by atoms with Gasteiger partial charge in [0.15, 0.2) is 5.96 Å². The van der Waals surface area contributed by atoms with Crippen molar-refractivity contribution in [3.63, 3.8) is 0 Å². The van der Waals surface area contributed by atoms with Crippen LogP contribution in [0, 0.1) is 6.92 Å². The number of guanidine groups is 1. The van der Waals surface area contributed by atoms with E-state index < -0.39 is 0 Å². The van der Waals surface area contributed by atoms with E-state index in [1.165, 1.54) is 16.5 Å². The molecule has 0 radical (unpaired) electrons. The van der Waals surface area contributed by atoms with Crippen molar-refractivity contribution in [2.45, 2.75) is 26.8 Å². The van der Waals surface area contributed by atoms with Crippen LogP contribution in [0.25, 0.3) is 10.9 Å². The molecule has 1 amide bonds. The maximum Gasteiger partial charge on any atom is 0.242 e. The largest absolute Gasteiger partial charge is 0.497 e. The van der Waals surface area contributed by atoms with Crippen molar-refractivity contribution in [2.24, 2.45) is 4.99 Å². The minimum absolute atomic E-state index is 0. The van der Waals surface area contributed by atoms with E-state index in [0.29, 0.717) is 12.5 Å². The number of H-pyrrole nitrogens is 1. The molecule has 1 aromatic heterocycles. The molecule has 3 aromatic rings. The molecule has 0 fully saturated rings. The summed E-state index contributed by atoms with van der Waals surface area (Å²) in [5.74, 6) is 1.31. The Morgan fingerprint density at radius 3 is 2.59 bits per heavy atom. The maximum atomic E-state index is 12.2. The van der Waals surface area contributed by atoms with Gasteiger partial charge in [0, 0.05) is 36.7 Å². The number of ether oxygens (including phenoxy) is 1. The van der Waals surface area contributed by atoms with Crippen molar-refractivity contribution in [3.05, 3.63) is 65.4 Å². The summed E-state index contributed by atoms with van der Waals surface area (Å²) in [4.78, 5) is 19.9. The molecule has 3 rings (SSSR count). The number of hydrogen-bond acceptors (Lipinski definition) is 3. The minimum Gasteiger partial charge on any atom is -0.497 e. The van der Waals surface area contributed by atoms with Gasteiger partial charge in [-0.05, 0) is 55.2 Å². The van der Waals surface area contributed by atoms with Gasteiger partial charge in [-0.2, -0.15) is 0 Å². The van der Waals surface area contributed by atoms with Gasteiger partial charge in [-0.25, -0.2) is 4.99 Å². The number of rotatable bonds is 9. The number of carbonyl (C=O) groups is 1. The lowest BCUT2D eigenvalue weighted by Crippen LogP contribution is -2.39. The SMILES string of the molecule is CCNC(=NCC(=O)NCc1ccc(OC)cc1)NCCc1c[nH]c2cc(C)ccc12.I. The summed E-state index contributed by atoms with van der Waals surface area (Å²) in [6, 6.07) is 14.1. The van der Waals surface area contributed by atoms with E-state index in [1.807, 2.05) is 31.2 Å². The summed E-state index contributed by atoms with van der Waals surface area (Å²) in [6.07, 6.45) is 2.92. The first-order valence-corrected chi connectivity index (χ1v) is 10.6. The molecule has 0 bridgehead atoms. The Hall–Kier alpha value is -2.75. The second-order valence-corrected chi connectivity index (χ2v) is 7.36. The number of aliphatic imine (C=N–C) groups is 1. The normalized spacial score (nSPS) is 11.0. The van der Waals surface area contributed by atoms with Crippen LogP contribution in [0.4, 0.5) is 0 Å². The molecule has 172 valence electrons. The van der Waals surface area contributed by atoms with Crippen LogP contribution in [0.3, 0.4) is 0 Å². The van der Waals surface area contributed by atoms with Gasteiger partial charge in [-0.1, -0.05) is 24.3 Å². The Labute approximate surface area is 206 Å². The van der Waals surface area contributed by atoms with Crippen LogP contribution in [0.2, 0.25) is 0 Å². The molecule has 0 atom stereocenters. The molecule has 0 aliphatic rings. The summed E-state index contributed by atoms with van der Waals surface area (Å²) in [5.41, 5.74) is 4.67. The summed E-state index contributed by atoms with van der Waals surface area (Å²) in [6.45, 7) is 6.07. The number of hydrogen-bond donors (Lipinski definition) is 4. The Balaban J connectivity index is 0.00000363. The number of aryl methyl sites for hydroxylation is 1. The van der Waals surface area contributed by atoms with Gasteiger partial charge < -0.3 is 25.7 Å². The van der Waals surface area contributed by atoms with E-state index >= 15 is 0 Å². The van der Waals surface area contributed by atoms with Gasteiger partial charge in [-0.3, -0.25) is 4.79 Å². The topological polar surface area (TPSA) is 90.5 Å². The molecule has 0 unspecified atom stereocenters. The van der Waals surface area contributed by atoms with Gasteiger partial charge >= 0.3 is 0 Å². The monoisotopic (exact) mass is 549 g/mol. The number of fused-ring (bicyclic) bond motifs is 1. The first-order valence-electron chi connectivity index (χ1n) is 10.6. The van der Waals surface area contributed by atoms with Crippen molar-refractivity contribution in [1.82, 2.24) is 20.9 Å². The Kier molecular flexibility index (Phi) is 10.3. The summed E-state index contributed by atoms with van der Waals surface area (Å²) < 4.78 is 5.14. The van der Waals surface area contributed by atoms with Crippen LogP contribution < -0.4 is 20.7 Å². The number of nitrogens with one attached hydrogen (secondary N) is 4. The highest BCUT2D eigenvalue weighted by molar-refractivity contribution is 14.0. The van der Waals surface area contributed by atoms with Crippen molar-refractivity contribution in [1.29, 1.82) is 0 Å². The maximum absolute atomic E-state index is 12.2. The second-order valence-electron chi connectivity index (χ2n) is 7.36. The molecule has 0 aliphatic heterocycles. The van der Waals surface area contributed by atoms with Crippen LogP contribution in [0.5, 0.6) is 5.75 Å². The van der Waals surface area contributed by atoms with Gasteiger partial charge in [0.1, 0.15) is 12.3 Å². The molecule has 2 aromatic carbocycles.